The number of alkyl halides is 3. The van der Waals surface area contributed by atoms with E-state index < -0.39 is 30.3 Å². The second kappa shape index (κ2) is 11.1. The number of halogens is 3. The average molecular weight is 525 g/mol. The highest BCUT2D eigenvalue weighted by molar-refractivity contribution is 5.75. The molecule has 1 aromatic carbocycles. The molecule has 0 bridgehead atoms. The van der Waals surface area contributed by atoms with E-state index in [0.29, 0.717) is 29.9 Å². The Labute approximate surface area is 217 Å². The van der Waals surface area contributed by atoms with Gasteiger partial charge in [0.2, 0.25) is 0 Å². The molecule has 1 aliphatic carbocycles. The van der Waals surface area contributed by atoms with E-state index in [-0.39, 0.29) is 17.3 Å². The minimum absolute atomic E-state index is 0.00396. The fourth-order valence-electron chi connectivity index (χ4n) is 5.57. The van der Waals surface area contributed by atoms with Crippen LogP contribution in [0.25, 0.3) is 0 Å². The predicted molar refractivity (Wildman–Crippen MR) is 135 cm³/mol. The first-order chi connectivity index (χ1) is 17.2. The zero-order chi connectivity index (χ0) is 27.6. The number of benzene rings is 1. The molecule has 5 nitrogen and oxygen atoms in total. The molecule has 3 rings (SSSR count). The Morgan fingerprint density at radius 1 is 1.14 bits per heavy atom. The normalized spacial score (nSPS) is 20.7. The van der Waals surface area contributed by atoms with E-state index in [2.05, 4.69) is 25.5 Å². The lowest BCUT2D eigenvalue weighted by atomic mass is 9.66. The minimum Gasteiger partial charge on any atom is -0.487 e. The highest BCUT2D eigenvalue weighted by Gasteiger charge is 2.47. The van der Waals surface area contributed by atoms with E-state index >= 15 is 0 Å². The maximum absolute atomic E-state index is 12.6. The Kier molecular flexibility index (Phi) is 8.70. The second-order valence-electron chi connectivity index (χ2n) is 11.5. The quantitative estimate of drug-likeness (QED) is 0.144. The molecule has 2 atom stereocenters. The molecule has 0 saturated carbocycles. The van der Waals surface area contributed by atoms with Crippen molar-refractivity contribution in [1.82, 2.24) is 0 Å². The van der Waals surface area contributed by atoms with Crippen LogP contribution in [0.4, 0.5) is 13.2 Å². The van der Waals surface area contributed by atoms with Gasteiger partial charge in [0.05, 0.1) is 0 Å². The number of carbonyl (C=O) groups is 2. The summed E-state index contributed by atoms with van der Waals surface area (Å²) in [5.41, 5.74) is 1.64. The number of ether oxygens (including phenoxy) is 3. The first kappa shape index (κ1) is 29.1. The van der Waals surface area contributed by atoms with Gasteiger partial charge in [-0.1, -0.05) is 52.5 Å². The van der Waals surface area contributed by atoms with Crippen LogP contribution in [0.1, 0.15) is 104 Å². The molecule has 1 aliphatic heterocycles. The molecule has 0 radical (unpaired) electrons. The van der Waals surface area contributed by atoms with Gasteiger partial charge in [0.25, 0.3) is 0 Å². The van der Waals surface area contributed by atoms with Crippen molar-refractivity contribution in [3.05, 3.63) is 34.9 Å². The van der Waals surface area contributed by atoms with E-state index in [9.17, 15) is 22.8 Å². The average Bonchev–Trinajstić information content (AvgIpc) is 2.78. The van der Waals surface area contributed by atoms with Gasteiger partial charge < -0.3 is 14.2 Å². The Morgan fingerprint density at radius 3 is 2.46 bits per heavy atom. The molecule has 0 aromatic heterocycles. The smallest absolute Gasteiger partial charge is 0.487 e. The van der Waals surface area contributed by atoms with Gasteiger partial charge in [-0.05, 0) is 61.8 Å². The molecule has 37 heavy (non-hydrogen) atoms. The van der Waals surface area contributed by atoms with Gasteiger partial charge in [-0.25, -0.2) is 4.79 Å². The molecular formula is C29H39F3O5. The number of esters is 2. The molecule has 0 fully saturated rings. The van der Waals surface area contributed by atoms with Crippen LogP contribution in [0, 0.1) is 5.92 Å². The molecule has 206 valence electrons. The largest absolute Gasteiger partial charge is 0.490 e. The van der Waals surface area contributed by atoms with E-state index in [0.717, 1.165) is 36.8 Å². The van der Waals surface area contributed by atoms with Crippen LogP contribution in [0.3, 0.4) is 0 Å². The molecule has 0 amide bonds. The van der Waals surface area contributed by atoms with E-state index in [1.54, 1.807) is 0 Å². The Morgan fingerprint density at radius 2 is 1.84 bits per heavy atom. The molecule has 1 aromatic rings. The van der Waals surface area contributed by atoms with Gasteiger partial charge in [0.1, 0.15) is 23.7 Å². The highest BCUT2D eigenvalue weighted by Crippen LogP contribution is 2.55. The predicted octanol–water partition coefficient (Wildman–Crippen LogP) is 7.56. The van der Waals surface area contributed by atoms with Gasteiger partial charge >= 0.3 is 18.1 Å². The van der Waals surface area contributed by atoms with Gasteiger partial charge in [-0.3, -0.25) is 4.79 Å². The van der Waals surface area contributed by atoms with E-state index in [1.807, 2.05) is 32.1 Å². The molecule has 0 N–H and O–H groups in total. The molecule has 0 spiro atoms. The molecule has 1 heterocycles. The molecule has 2 aliphatic rings. The van der Waals surface area contributed by atoms with Gasteiger partial charge in [-0.15, -0.1) is 0 Å². The molecule has 1 unspecified atom stereocenters. The van der Waals surface area contributed by atoms with Crippen LogP contribution < -0.4 is 9.47 Å². The second-order valence-corrected chi connectivity index (χ2v) is 11.5. The van der Waals surface area contributed by atoms with Crippen molar-refractivity contribution >= 4 is 11.9 Å². The van der Waals surface area contributed by atoms with Crippen LogP contribution in [0.5, 0.6) is 11.5 Å². The summed E-state index contributed by atoms with van der Waals surface area (Å²) in [7, 11) is 0. The number of hydrogen-bond donors (Lipinski definition) is 0. The van der Waals surface area contributed by atoms with Crippen molar-refractivity contribution in [3.8, 4) is 11.5 Å². The van der Waals surface area contributed by atoms with Crippen LogP contribution in [-0.2, 0) is 19.7 Å². The van der Waals surface area contributed by atoms with Crippen molar-refractivity contribution in [2.24, 2.45) is 5.92 Å². The fraction of sp³-hybridized carbons (Fsp3) is 0.655. The molecule has 8 heteroatoms. The summed E-state index contributed by atoms with van der Waals surface area (Å²) in [6.07, 6.45) is 3.28. The lowest BCUT2D eigenvalue weighted by molar-refractivity contribution is -0.198. The standard InChI is InChI=1S/C29H39F3O5/c1-7-8-9-10-13-27(3,4)20-15-23(36-18(2)33)25-21-14-19(17-35-26(34)29(30,31)32)11-12-22(21)28(5,6)37-24(25)16-20/h11,15-16,21-22H,7-10,12-14,17H2,1-6H3/t21-,22?/m0/s1. The van der Waals surface area contributed by atoms with Crippen molar-refractivity contribution in [3.63, 3.8) is 0 Å². The molecular weight excluding hydrogens is 485 g/mol. The van der Waals surface area contributed by atoms with Gasteiger partial charge in [-0.2, -0.15) is 13.2 Å². The third-order valence-corrected chi connectivity index (χ3v) is 7.68. The summed E-state index contributed by atoms with van der Waals surface area (Å²) in [6.45, 7) is 11.5. The van der Waals surface area contributed by atoms with Crippen LogP contribution in [-0.4, -0.2) is 30.3 Å². The third kappa shape index (κ3) is 6.88. The van der Waals surface area contributed by atoms with Crippen LogP contribution >= 0.6 is 0 Å². The zero-order valence-electron chi connectivity index (χ0n) is 22.7. The topological polar surface area (TPSA) is 61.8 Å². The van der Waals surface area contributed by atoms with Crippen molar-refractivity contribution in [1.29, 1.82) is 0 Å². The summed E-state index contributed by atoms with van der Waals surface area (Å²) in [5, 5.41) is 0. The van der Waals surface area contributed by atoms with Crippen molar-refractivity contribution in [2.75, 3.05) is 6.61 Å². The number of allylic oxidation sites excluding steroid dienone is 1. The Hall–Kier alpha value is -2.51. The van der Waals surface area contributed by atoms with Crippen LogP contribution in [0.2, 0.25) is 0 Å². The van der Waals surface area contributed by atoms with Gasteiger partial charge in [0, 0.05) is 24.3 Å². The summed E-state index contributed by atoms with van der Waals surface area (Å²) in [6, 6.07) is 3.95. The minimum atomic E-state index is -5.03. The van der Waals surface area contributed by atoms with Crippen molar-refractivity contribution < 1.29 is 37.0 Å². The SMILES string of the molecule is CCCCCCC(C)(C)c1cc(OC(C)=O)c2c(c1)OC(C)(C)C1CC=C(COC(=O)C(F)(F)F)C[C@H]21. The maximum atomic E-state index is 12.6. The summed E-state index contributed by atoms with van der Waals surface area (Å²) in [5.74, 6) is -1.75. The highest BCUT2D eigenvalue weighted by atomic mass is 19.4. The fourth-order valence-corrected chi connectivity index (χ4v) is 5.57. The number of unbranched alkanes of at least 4 members (excludes halogenated alkanes) is 3. The molecule has 0 saturated heterocycles. The van der Waals surface area contributed by atoms with Gasteiger partial charge in [0.15, 0.2) is 0 Å². The Balaban J connectivity index is 1.96. The number of rotatable bonds is 9. The summed E-state index contributed by atoms with van der Waals surface area (Å²) < 4.78 is 54.7. The van der Waals surface area contributed by atoms with E-state index in [4.69, 9.17) is 9.47 Å². The zero-order valence-corrected chi connectivity index (χ0v) is 22.7. The van der Waals surface area contributed by atoms with Crippen LogP contribution in [0.15, 0.2) is 23.8 Å². The van der Waals surface area contributed by atoms with E-state index in [1.165, 1.54) is 13.3 Å². The number of carbonyl (C=O) groups excluding carboxylic acids is 2. The number of hydrogen-bond acceptors (Lipinski definition) is 5. The first-order valence-electron chi connectivity index (χ1n) is 13.1. The lowest BCUT2D eigenvalue weighted by Gasteiger charge is -2.47. The lowest BCUT2D eigenvalue weighted by Crippen LogP contribution is -2.46. The summed E-state index contributed by atoms with van der Waals surface area (Å²) in [4.78, 5) is 23.3. The van der Waals surface area contributed by atoms with Crippen molar-refractivity contribution in [2.45, 2.75) is 110 Å². The summed E-state index contributed by atoms with van der Waals surface area (Å²) >= 11 is 0. The Bertz CT molecular complexity index is 1040. The first-order valence-corrected chi connectivity index (χ1v) is 13.1. The number of fused-ring (bicyclic) bond motifs is 3. The third-order valence-electron chi connectivity index (χ3n) is 7.68. The monoisotopic (exact) mass is 524 g/mol. The maximum Gasteiger partial charge on any atom is 0.490 e.